The predicted molar refractivity (Wildman–Crippen MR) is 163 cm³/mol. The highest BCUT2D eigenvalue weighted by Gasteiger charge is 2.39. The molecular weight excluding hydrogens is 655 g/mol. The number of nitrogens with zero attached hydrogens (tertiary/aromatic N) is 2. The maximum atomic E-state index is 13.2. The number of carboxylic acid groups (broad SMARTS) is 1. The van der Waals surface area contributed by atoms with Crippen LogP contribution in [-0.2, 0) is 21.0 Å². The fourth-order valence-corrected chi connectivity index (χ4v) is 4.98. The van der Waals surface area contributed by atoms with Gasteiger partial charge in [0.05, 0.1) is 11.7 Å². The lowest BCUT2D eigenvalue weighted by Crippen LogP contribution is -2.36. The summed E-state index contributed by atoms with van der Waals surface area (Å²) < 4.78 is 52.8. The third-order valence-corrected chi connectivity index (χ3v) is 8.10. The number of alkyl carbamates (subject to hydrolysis) is 1. The molecule has 16 heteroatoms. The summed E-state index contributed by atoms with van der Waals surface area (Å²) in [6.45, 7) is 15.9. The molecule has 0 radical (unpaired) electrons. The maximum Gasteiger partial charge on any atom is 0.471 e. The van der Waals surface area contributed by atoms with Gasteiger partial charge in [0.15, 0.2) is 0 Å². The highest BCUT2D eigenvalue weighted by atomic mass is 79.9. The number of rotatable bonds is 12. The van der Waals surface area contributed by atoms with Crippen molar-refractivity contribution >= 4 is 53.5 Å². The molecule has 0 aliphatic carbocycles. The van der Waals surface area contributed by atoms with Gasteiger partial charge in [-0.15, -0.1) is 6.58 Å². The first-order valence-corrected chi connectivity index (χ1v) is 17.7. The zero-order valence-electron chi connectivity index (χ0n) is 24.8. The molecule has 2 aromatic rings. The van der Waals surface area contributed by atoms with Crippen LogP contribution < -0.4 is 16.0 Å². The minimum absolute atomic E-state index is 0.0278. The Bertz CT molecular complexity index is 1340. The first-order chi connectivity index (χ1) is 19.7. The van der Waals surface area contributed by atoms with Crippen LogP contribution in [0.4, 0.5) is 34.1 Å². The number of benzene rings is 1. The molecule has 1 aromatic heterocycles. The summed E-state index contributed by atoms with van der Waals surface area (Å²) in [5.41, 5.74) is -1.09. The quantitative estimate of drug-likeness (QED) is 0.103. The SMILES string of the molecule is C=CC[C@H](NC(=O)OC(C)(C)C)c1nc(-c2ccc(NC(=O)O)cc2NC(=O)C(F)(F)F)c(Br)n1COCC[Si](C)(C)C. The van der Waals surface area contributed by atoms with Gasteiger partial charge in [-0.1, -0.05) is 25.7 Å². The van der Waals surface area contributed by atoms with Crippen molar-refractivity contribution in [2.75, 3.05) is 17.2 Å². The van der Waals surface area contributed by atoms with E-state index in [2.05, 4.69) is 52.5 Å². The first-order valence-electron chi connectivity index (χ1n) is 13.2. The molecule has 0 unspecified atom stereocenters. The van der Waals surface area contributed by atoms with Gasteiger partial charge >= 0.3 is 24.3 Å². The van der Waals surface area contributed by atoms with Crippen molar-refractivity contribution in [3.05, 3.63) is 41.3 Å². The summed E-state index contributed by atoms with van der Waals surface area (Å²) in [7, 11) is -1.43. The van der Waals surface area contributed by atoms with Crippen LogP contribution in [0.15, 0.2) is 35.5 Å². The largest absolute Gasteiger partial charge is 0.471 e. The van der Waals surface area contributed by atoms with Crippen LogP contribution in [0.5, 0.6) is 0 Å². The molecule has 11 nitrogen and oxygen atoms in total. The monoisotopic (exact) mass is 691 g/mol. The number of anilines is 2. The summed E-state index contributed by atoms with van der Waals surface area (Å²) in [5, 5.41) is 15.7. The second-order valence-corrected chi connectivity index (χ2v) is 18.1. The number of alkyl halides is 3. The number of nitrogens with one attached hydrogen (secondary N) is 3. The summed E-state index contributed by atoms with van der Waals surface area (Å²) in [6.07, 6.45) is -5.64. The molecule has 0 saturated heterocycles. The fourth-order valence-electron chi connectivity index (χ4n) is 3.64. The number of ether oxygens (including phenoxy) is 2. The molecule has 0 spiro atoms. The van der Waals surface area contributed by atoms with E-state index in [4.69, 9.17) is 14.6 Å². The minimum Gasteiger partial charge on any atom is -0.465 e. The van der Waals surface area contributed by atoms with Crippen molar-refractivity contribution in [1.82, 2.24) is 14.9 Å². The number of hydrogen-bond donors (Lipinski definition) is 4. The normalized spacial score (nSPS) is 12.8. The smallest absolute Gasteiger partial charge is 0.465 e. The molecule has 1 atom stereocenters. The van der Waals surface area contributed by atoms with E-state index in [-0.39, 0.29) is 46.2 Å². The number of imidazole rings is 1. The van der Waals surface area contributed by atoms with Gasteiger partial charge in [0.2, 0.25) is 0 Å². The first kappa shape index (κ1) is 35.8. The summed E-state index contributed by atoms with van der Waals surface area (Å²) in [5.74, 6) is -2.00. The third-order valence-electron chi connectivity index (χ3n) is 5.59. The lowest BCUT2D eigenvalue weighted by Gasteiger charge is -2.23. The Labute approximate surface area is 257 Å². The van der Waals surface area contributed by atoms with E-state index in [1.54, 1.807) is 36.7 Å². The molecule has 4 N–H and O–H groups in total. The second-order valence-electron chi connectivity index (χ2n) is 11.8. The maximum absolute atomic E-state index is 13.2. The second kappa shape index (κ2) is 14.4. The standard InChI is InChI=1S/C27H37BrF3N5O6Si/c1-8-9-18(34-25(40)42-26(2,3)4)22-35-20(21(28)36(22)15-41-12-13-43(5,6)7)17-11-10-16(32-24(38)39)14-19(17)33-23(37)27(29,30)31/h8,10-11,14,18,32H,1,9,12-13,15H2,2-7H3,(H,33,37)(H,34,40)(H,38,39)/t18-/m0/s1. The zero-order chi connectivity index (χ0) is 32.8. The molecule has 0 fully saturated rings. The number of amides is 3. The highest BCUT2D eigenvalue weighted by molar-refractivity contribution is 9.10. The lowest BCUT2D eigenvalue weighted by atomic mass is 10.1. The fraction of sp³-hybridized carbons (Fsp3) is 0.481. The van der Waals surface area contributed by atoms with Crippen LogP contribution in [0.3, 0.4) is 0 Å². The van der Waals surface area contributed by atoms with E-state index in [0.29, 0.717) is 6.61 Å². The summed E-state index contributed by atoms with van der Waals surface area (Å²) in [6, 6.07) is 3.73. The topological polar surface area (TPSA) is 144 Å². The van der Waals surface area contributed by atoms with Gasteiger partial charge in [0.1, 0.15) is 28.5 Å². The molecule has 0 saturated carbocycles. The summed E-state index contributed by atoms with van der Waals surface area (Å²) in [4.78, 5) is 40.4. The number of carbonyl (C=O) groups is 3. The van der Waals surface area contributed by atoms with Crippen molar-refractivity contribution in [2.45, 2.75) is 77.4 Å². The molecule has 238 valence electrons. The van der Waals surface area contributed by atoms with E-state index < -0.39 is 44.0 Å². The van der Waals surface area contributed by atoms with E-state index in [0.717, 1.165) is 12.1 Å². The Hall–Kier alpha value is -3.37. The minimum atomic E-state index is -5.22. The Kier molecular flexibility index (Phi) is 12.0. The Balaban J connectivity index is 2.68. The van der Waals surface area contributed by atoms with Gasteiger partial charge in [-0.2, -0.15) is 13.2 Å². The van der Waals surface area contributed by atoms with Crippen molar-refractivity contribution in [1.29, 1.82) is 0 Å². The van der Waals surface area contributed by atoms with Gasteiger partial charge in [-0.05, 0) is 67.4 Å². The van der Waals surface area contributed by atoms with Crippen molar-refractivity contribution in [3.8, 4) is 11.3 Å². The van der Waals surface area contributed by atoms with Gasteiger partial charge < -0.3 is 25.2 Å². The van der Waals surface area contributed by atoms with Crippen LogP contribution in [-0.4, -0.2) is 59.2 Å². The van der Waals surface area contributed by atoms with Crippen molar-refractivity contribution < 1.29 is 42.1 Å². The lowest BCUT2D eigenvalue weighted by molar-refractivity contribution is -0.167. The van der Waals surface area contributed by atoms with E-state index >= 15 is 0 Å². The molecule has 0 bridgehead atoms. The Morgan fingerprint density at radius 3 is 2.37 bits per heavy atom. The van der Waals surface area contributed by atoms with E-state index in [9.17, 15) is 27.6 Å². The Morgan fingerprint density at radius 1 is 1.19 bits per heavy atom. The number of carbonyl (C=O) groups excluding carboxylic acids is 2. The van der Waals surface area contributed by atoms with Gasteiger partial charge in [-0.25, -0.2) is 14.6 Å². The predicted octanol–water partition coefficient (Wildman–Crippen LogP) is 7.36. The van der Waals surface area contributed by atoms with Gasteiger partial charge in [0.25, 0.3) is 0 Å². The number of halogens is 4. The molecule has 3 amide bonds. The molecule has 1 aromatic carbocycles. The van der Waals surface area contributed by atoms with Crippen LogP contribution in [0.1, 0.15) is 39.1 Å². The number of aromatic nitrogens is 2. The van der Waals surface area contributed by atoms with Gasteiger partial charge in [0, 0.05) is 25.9 Å². The van der Waals surface area contributed by atoms with E-state index in [1.807, 2.05) is 5.32 Å². The van der Waals surface area contributed by atoms with Crippen LogP contribution >= 0.6 is 15.9 Å². The Morgan fingerprint density at radius 2 is 1.84 bits per heavy atom. The average molecular weight is 693 g/mol. The molecule has 0 aliphatic heterocycles. The van der Waals surface area contributed by atoms with Crippen LogP contribution in [0, 0.1) is 0 Å². The number of hydrogen-bond acceptors (Lipinski definition) is 6. The third kappa shape index (κ3) is 11.3. The highest BCUT2D eigenvalue weighted by Crippen LogP contribution is 2.38. The molecule has 0 aliphatic rings. The van der Waals surface area contributed by atoms with Crippen LogP contribution in [0.25, 0.3) is 11.3 Å². The van der Waals surface area contributed by atoms with E-state index in [1.165, 1.54) is 12.1 Å². The van der Waals surface area contributed by atoms with Crippen LogP contribution in [0.2, 0.25) is 25.7 Å². The molecule has 1 heterocycles. The van der Waals surface area contributed by atoms with Crippen molar-refractivity contribution in [3.63, 3.8) is 0 Å². The average Bonchev–Trinajstić information content (AvgIpc) is 3.14. The molecule has 43 heavy (non-hydrogen) atoms. The zero-order valence-corrected chi connectivity index (χ0v) is 27.4. The van der Waals surface area contributed by atoms with Crippen molar-refractivity contribution in [2.24, 2.45) is 0 Å². The summed E-state index contributed by atoms with van der Waals surface area (Å²) >= 11 is 3.48. The molecule has 2 rings (SSSR count). The van der Waals surface area contributed by atoms with Gasteiger partial charge in [-0.3, -0.25) is 14.7 Å². The molecular formula is C27H37BrF3N5O6Si.